The number of halogens is 2. The van der Waals surface area contributed by atoms with E-state index in [9.17, 15) is 13.6 Å². The highest BCUT2D eigenvalue weighted by Gasteiger charge is 2.15. The first-order valence-corrected chi connectivity index (χ1v) is 6.87. The molecule has 0 aliphatic carbocycles. The highest BCUT2D eigenvalue weighted by Crippen LogP contribution is 2.20. The lowest BCUT2D eigenvalue weighted by molar-refractivity contribution is 0.0944. The van der Waals surface area contributed by atoms with Crippen molar-refractivity contribution in [3.8, 4) is 0 Å². The molecule has 0 fully saturated rings. The van der Waals surface area contributed by atoms with E-state index in [0.717, 1.165) is 12.1 Å². The van der Waals surface area contributed by atoms with E-state index < -0.39 is 17.5 Å². The summed E-state index contributed by atoms with van der Waals surface area (Å²) in [4.78, 5) is 11.9. The molecule has 0 aliphatic rings. The van der Waals surface area contributed by atoms with Gasteiger partial charge in [-0.2, -0.15) is 0 Å². The van der Waals surface area contributed by atoms with Crippen molar-refractivity contribution in [3.63, 3.8) is 0 Å². The number of hydrogen-bond acceptors (Lipinski definition) is 2. The van der Waals surface area contributed by atoms with Gasteiger partial charge >= 0.3 is 0 Å². The molecular weight excluding hydrogens is 262 g/mol. The van der Waals surface area contributed by atoms with Crippen LogP contribution >= 0.6 is 0 Å². The lowest BCUT2D eigenvalue weighted by atomic mass is 9.98. The molecule has 2 N–H and O–H groups in total. The molecule has 0 radical (unpaired) electrons. The third-order valence-electron chi connectivity index (χ3n) is 3.38. The first-order valence-electron chi connectivity index (χ1n) is 6.87. The van der Waals surface area contributed by atoms with Gasteiger partial charge in [-0.25, -0.2) is 8.78 Å². The Morgan fingerprint density at radius 3 is 2.20 bits per heavy atom. The third-order valence-corrected chi connectivity index (χ3v) is 3.38. The average molecular weight is 284 g/mol. The van der Waals surface area contributed by atoms with E-state index in [2.05, 4.69) is 24.5 Å². The van der Waals surface area contributed by atoms with Crippen LogP contribution in [0.25, 0.3) is 0 Å². The maximum Gasteiger partial charge on any atom is 0.251 e. The Hall–Kier alpha value is -1.65. The summed E-state index contributed by atoms with van der Waals surface area (Å²) < 4.78 is 27.4. The second-order valence-corrected chi connectivity index (χ2v) is 5.28. The molecule has 1 aromatic rings. The molecule has 0 bridgehead atoms. The molecule has 3 nitrogen and oxygen atoms in total. The summed E-state index contributed by atoms with van der Waals surface area (Å²) in [6.45, 7) is 8.76. The van der Waals surface area contributed by atoms with E-state index in [4.69, 9.17) is 0 Å². The summed E-state index contributed by atoms with van der Waals surface area (Å²) in [7, 11) is 0. The molecule has 0 aliphatic heterocycles. The number of nitrogens with one attached hydrogen (secondary N) is 2. The Morgan fingerprint density at radius 2 is 1.75 bits per heavy atom. The van der Waals surface area contributed by atoms with Crippen LogP contribution in [-0.2, 0) is 0 Å². The SMILES string of the molecule is CCNc1c(F)cc(C(=O)NCC(C)C(C)C)cc1F. The summed E-state index contributed by atoms with van der Waals surface area (Å²) in [5.41, 5.74) is -0.197. The molecule has 0 spiro atoms. The van der Waals surface area contributed by atoms with Crippen LogP contribution in [0.3, 0.4) is 0 Å². The van der Waals surface area contributed by atoms with Gasteiger partial charge in [-0.1, -0.05) is 20.8 Å². The number of carbonyl (C=O) groups is 1. The maximum atomic E-state index is 13.7. The molecule has 1 unspecified atom stereocenters. The molecule has 1 rings (SSSR count). The first-order chi connectivity index (χ1) is 9.36. The van der Waals surface area contributed by atoms with Crippen LogP contribution in [0.5, 0.6) is 0 Å². The van der Waals surface area contributed by atoms with Crippen LogP contribution in [0.4, 0.5) is 14.5 Å². The van der Waals surface area contributed by atoms with Crippen molar-refractivity contribution in [2.24, 2.45) is 11.8 Å². The number of rotatable bonds is 6. The van der Waals surface area contributed by atoms with Crippen LogP contribution in [0.1, 0.15) is 38.1 Å². The Kier molecular flexibility index (Phi) is 5.92. The van der Waals surface area contributed by atoms with E-state index in [0.29, 0.717) is 24.9 Å². The molecule has 112 valence electrons. The van der Waals surface area contributed by atoms with Crippen LogP contribution in [-0.4, -0.2) is 19.0 Å². The van der Waals surface area contributed by atoms with E-state index in [-0.39, 0.29) is 11.3 Å². The molecule has 1 aromatic carbocycles. The molecule has 0 saturated heterocycles. The molecule has 0 saturated carbocycles. The zero-order chi connectivity index (χ0) is 15.3. The van der Waals surface area contributed by atoms with Crippen molar-refractivity contribution in [2.75, 3.05) is 18.4 Å². The fourth-order valence-corrected chi connectivity index (χ4v) is 1.64. The van der Waals surface area contributed by atoms with Crippen LogP contribution in [0.15, 0.2) is 12.1 Å². The van der Waals surface area contributed by atoms with Gasteiger partial charge in [0, 0.05) is 18.7 Å². The number of anilines is 1. The van der Waals surface area contributed by atoms with Crippen molar-refractivity contribution in [3.05, 3.63) is 29.3 Å². The van der Waals surface area contributed by atoms with Crippen LogP contribution in [0.2, 0.25) is 0 Å². The Bertz CT molecular complexity index is 452. The molecule has 1 amide bonds. The number of amides is 1. The monoisotopic (exact) mass is 284 g/mol. The minimum absolute atomic E-state index is 0.00221. The Labute approximate surface area is 118 Å². The summed E-state index contributed by atoms with van der Waals surface area (Å²) in [5.74, 6) is -1.24. The molecular formula is C15H22F2N2O. The van der Waals surface area contributed by atoms with Gasteiger partial charge in [0.2, 0.25) is 0 Å². The maximum absolute atomic E-state index is 13.7. The van der Waals surface area contributed by atoms with Crippen molar-refractivity contribution >= 4 is 11.6 Å². The fraction of sp³-hybridized carbons (Fsp3) is 0.533. The van der Waals surface area contributed by atoms with Crippen molar-refractivity contribution in [1.82, 2.24) is 5.32 Å². The van der Waals surface area contributed by atoms with Gasteiger partial charge in [-0.15, -0.1) is 0 Å². The van der Waals surface area contributed by atoms with E-state index in [1.807, 2.05) is 6.92 Å². The number of benzene rings is 1. The third kappa shape index (κ3) is 4.18. The summed E-state index contributed by atoms with van der Waals surface area (Å²) in [5, 5.41) is 5.29. The van der Waals surface area contributed by atoms with Crippen LogP contribution in [0, 0.1) is 23.5 Å². The summed E-state index contributed by atoms with van der Waals surface area (Å²) >= 11 is 0. The molecule has 20 heavy (non-hydrogen) atoms. The Balaban J connectivity index is 2.79. The van der Waals surface area contributed by atoms with E-state index in [1.54, 1.807) is 6.92 Å². The average Bonchev–Trinajstić information content (AvgIpc) is 2.39. The summed E-state index contributed by atoms with van der Waals surface area (Å²) in [6.07, 6.45) is 0. The van der Waals surface area contributed by atoms with Gasteiger partial charge in [0.1, 0.15) is 17.3 Å². The summed E-state index contributed by atoms with van der Waals surface area (Å²) in [6, 6.07) is 2.10. The first kappa shape index (κ1) is 16.4. The smallest absolute Gasteiger partial charge is 0.251 e. The van der Waals surface area contributed by atoms with Gasteiger partial charge < -0.3 is 10.6 Å². The predicted molar refractivity (Wildman–Crippen MR) is 76.9 cm³/mol. The van der Waals surface area contributed by atoms with Crippen molar-refractivity contribution < 1.29 is 13.6 Å². The molecule has 0 heterocycles. The fourth-order valence-electron chi connectivity index (χ4n) is 1.64. The Morgan fingerprint density at radius 1 is 1.20 bits per heavy atom. The van der Waals surface area contributed by atoms with Gasteiger partial charge in [0.25, 0.3) is 5.91 Å². The minimum atomic E-state index is -0.756. The normalized spacial score (nSPS) is 12.3. The molecule has 0 aromatic heterocycles. The second-order valence-electron chi connectivity index (χ2n) is 5.28. The highest BCUT2D eigenvalue weighted by atomic mass is 19.1. The topological polar surface area (TPSA) is 41.1 Å². The standard InChI is InChI=1S/C15H22F2N2O/c1-5-18-14-12(16)6-11(7-13(14)17)15(20)19-8-10(4)9(2)3/h6-7,9-10,18H,5,8H2,1-4H3,(H,19,20). The lowest BCUT2D eigenvalue weighted by Gasteiger charge is -2.16. The zero-order valence-electron chi connectivity index (χ0n) is 12.4. The van der Waals surface area contributed by atoms with Gasteiger partial charge in [-0.3, -0.25) is 4.79 Å². The second kappa shape index (κ2) is 7.22. The predicted octanol–water partition coefficient (Wildman–Crippen LogP) is 3.42. The highest BCUT2D eigenvalue weighted by molar-refractivity contribution is 5.94. The minimum Gasteiger partial charge on any atom is -0.381 e. The van der Waals surface area contributed by atoms with Gasteiger partial charge in [0.05, 0.1) is 0 Å². The molecule has 5 heteroatoms. The number of hydrogen-bond donors (Lipinski definition) is 2. The lowest BCUT2D eigenvalue weighted by Crippen LogP contribution is -2.30. The van der Waals surface area contributed by atoms with Crippen molar-refractivity contribution in [1.29, 1.82) is 0 Å². The largest absolute Gasteiger partial charge is 0.381 e. The van der Waals surface area contributed by atoms with E-state index in [1.165, 1.54) is 0 Å². The van der Waals surface area contributed by atoms with Crippen LogP contribution < -0.4 is 10.6 Å². The number of carbonyl (C=O) groups excluding carboxylic acids is 1. The van der Waals surface area contributed by atoms with E-state index >= 15 is 0 Å². The zero-order valence-corrected chi connectivity index (χ0v) is 12.4. The van der Waals surface area contributed by atoms with Gasteiger partial charge in [-0.05, 0) is 30.9 Å². The van der Waals surface area contributed by atoms with Crippen molar-refractivity contribution in [2.45, 2.75) is 27.7 Å². The quantitative estimate of drug-likeness (QED) is 0.840. The molecule has 1 atom stereocenters. The van der Waals surface area contributed by atoms with Gasteiger partial charge in [0.15, 0.2) is 0 Å².